The first kappa shape index (κ1) is 20.4. The van der Waals surface area contributed by atoms with Gasteiger partial charge in [0.2, 0.25) is 0 Å². The van der Waals surface area contributed by atoms with Gasteiger partial charge in [0.05, 0.1) is 17.1 Å². The number of fused-ring (bicyclic) bond motifs is 1. The molecule has 0 atom stereocenters. The summed E-state index contributed by atoms with van der Waals surface area (Å²) in [7, 11) is 0. The molecule has 1 aliphatic rings. The molecule has 0 amide bonds. The van der Waals surface area contributed by atoms with Crippen molar-refractivity contribution in [2.24, 2.45) is 0 Å². The highest BCUT2D eigenvalue weighted by atomic mass is 15.3. The molecule has 166 valence electrons. The summed E-state index contributed by atoms with van der Waals surface area (Å²) >= 11 is 0. The summed E-state index contributed by atoms with van der Waals surface area (Å²) in [6.45, 7) is 2.59. The van der Waals surface area contributed by atoms with Gasteiger partial charge in [-0.25, -0.2) is 14.6 Å². The second kappa shape index (κ2) is 9.00. The highest BCUT2D eigenvalue weighted by Gasteiger charge is 2.21. The SMILES string of the molecule is c1ccc(-c2ncc3c(n2)CCN(Cc2cn(-c4ccccc4)nc2-c2ccncc2)C3)cc1. The van der Waals surface area contributed by atoms with Crippen LogP contribution >= 0.6 is 0 Å². The molecule has 6 rings (SSSR count). The molecule has 0 fully saturated rings. The Hall–Kier alpha value is -4.16. The van der Waals surface area contributed by atoms with E-state index in [-0.39, 0.29) is 0 Å². The Bertz CT molecular complexity index is 1400. The van der Waals surface area contributed by atoms with Crippen LogP contribution in [0.5, 0.6) is 0 Å². The second-order valence-corrected chi connectivity index (χ2v) is 8.51. The number of hydrogen-bond acceptors (Lipinski definition) is 5. The number of hydrogen-bond donors (Lipinski definition) is 0. The lowest BCUT2D eigenvalue weighted by molar-refractivity contribution is 0.243. The lowest BCUT2D eigenvalue weighted by Gasteiger charge is -2.28. The van der Waals surface area contributed by atoms with Crippen LogP contribution in [0.1, 0.15) is 16.8 Å². The molecule has 6 heteroatoms. The van der Waals surface area contributed by atoms with Gasteiger partial charge in [-0.3, -0.25) is 9.88 Å². The maximum absolute atomic E-state index is 4.94. The van der Waals surface area contributed by atoms with Gasteiger partial charge in [-0.1, -0.05) is 48.5 Å². The summed E-state index contributed by atoms with van der Waals surface area (Å²) in [6, 6.07) is 24.5. The van der Waals surface area contributed by atoms with Crippen LogP contribution in [-0.4, -0.2) is 36.2 Å². The highest BCUT2D eigenvalue weighted by Crippen LogP contribution is 2.27. The van der Waals surface area contributed by atoms with Gasteiger partial charge < -0.3 is 0 Å². The van der Waals surface area contributed by atoms with Crippen LogP contribution in [0, 0.1) is 0 Å². The Morgan fingerprint density at radius 3 is 2.38 bits per heavy atom. The predicted octanol–water partition coefficient (Wildman–Crippen LogP) is 4.95. The van der Waals surface area contributed by atoms with Crippen molar-refractivity contribution in [2.45, 2.75) is 19.5 Å². The van der Waals surface area contributed by atoms with Crippen LogP contribution in [-0.2, 0) is 19.5 Å². The topological polar surface area (TPSA) is 59.7 Å². The van der Waals surface area contributed by atoms with Crippen molar-refractivity contribution in [1.29, 1.82) is 0 Å². The van der Waals surface area contributed by atoms with Crippen LogP contribution < -0.4 is 0 Å². The maximum atomic E-state index is 4.94. The molecular weight excluding hydrogens is 420 g/mol. The van der Waals surface area contributed by atoms with Gasteiger partial charge in [0.15, 0.2) is 5.82 Å². The molecule has 1 aliphatic heterocycles. The first-order chi connectivity index (χ1) is 16.8. The normalized spacial score (nSPS) is 13.5. The van der Waals surface area contributed by atoms with Gasteiger partial charge >= 0.3 is 0 Å². The molecular formula is C28H24N6. The Kier molecular flexibility index (Phi) is 5.41. The highest BCUT2D eigenvalue weighted by molar-refractivity contribution is 5.62. The molecule has 0 saturated heterocycles. The minimum Gasteiger partial charge on any atom is -0.294 e. The van der Waals surface area contributed by atoms with Gasteiger partial charge in [-0.15, -0.1) is 0 Å². The fourth-order valence-corrected chi connectivity index (χ4v) is 4.47. The summed E-state index contributed by atoms with van der Waals surface area (Å²) in [4.78, 5) is 16.1. The van der Waals surface area contributed by atoms with Gasteiger partial charge in [0.25, 0.3) is 0 Å². The third-order valence-electron chi connectivity index (χ3n) is 6.20. The van der Waals surface area contributed by atoms with Crippen molar-refractivity contribution < 1.29 is 0 Å². The Morgan fingerprint density at radius 1 is 0.824 bits per heavy atom. The van der Waals surface area contributed by atoms with Gasteiger partial charge in [-0.05, 0) is 24.3 Å². The van der Waals surface area contributed by atoms with Crippen LogP contribution in [0.4, 0.5) is 0 Å². The average Bonchev–Trinajstić information content (AvgIpc) is 3.33. The molecule has 3 aromatic heterocycles. The second-order valence-electron chi connectivity index (χ2n) is 8.51. The Balaban J connectivity index is 1.28. The van der Waals surface area contributed by atoms with Crippen LogP contribution in [0.2, 0.25) is 0 Å². The fraction of sp³-hybridized carbons (Fsp3) is 0.143. The van der Waals surface area contributed by atoms with Crippen molar-refractivity contribution in [3.63, 3.8) is 0 Å². The first-order valence-corrected chi connectivity index (χ1v) is 11.5. The number of rotatable bonds is 5. The van der Waals surface area contributed by atoms with Crippen molar-refractivity contribution in [2.75, 3.05) is 6.54 Å². The molecule has 0 N–H and O–H groups in total. The van der Waals surface area contributed by atoms with E-state index in [1.807, 2.05) is 71.8 Å². The van der Waals surface area contributed by atoms with E-state index in [1.54, 1.807) is 0 Å². The number of para-hydroxylation sites is 1. The van der Waals surface area contributed by atoms with Gasteiger partial charge in [0, 0.05) is 73.1 Å². The van der Waals surface area contributed by atoms with E-state index in [0.29, 0.717) is 0 Å². The van der Waals surface area contributed by atoms with Crippen LogP contribution in [0.3, 0.4) is 0 Å². The van der Waals surface area contributed by atoms with E-state index in [2.05, 4.69) is 45.3 Å². The number of benzene rings is 2. The molecule has 6 nitrogen and oxygen atoms in total. The zero-order chi connectivity index (χ0) is 22.7. The lowest BCUT2D eigenvalue weighted by atomic mass is 10.0. The van der Waals surface area contributed by atoms with Crippen LogP contribution in [0.25, 0.3) is 28.3 Å². The molecule has 0 radical (unpaired) electrons. The number of aromatic nitrogens is 5. The molecule has 5 aromatic rings. The maximum Gasteiger partial charge on any atom is 0.159 e. The third kappa shape index (κ3) is 4.11. The molecule has 0 aliphatic carbocycles. The minimum atomic E-state index is 0.803. The number of pyridine rings is 1. The quantitative estimate of drug-likeness (QED) is 0.384. The monoisotopic (exact) mass is 444 g/mol. The first-order valence-electron chi connectivity index (χ1n) is 11.5. The van der Waals surface area contributed by atoms with E-state index in [0.717, 1.165) is 60.1 Å². The predicted molar refractivity (Wildman–Crippen MR) is 132 cm³/mol. The Labute approximate surface area is 198 Å². The molecule has 4 heterocycles. The molecule has 0 saturated carbocycles. The zero-order valence-electron chi connectivity index (χ0n) is 18.7. The summed E-state index contributed by atoms with van der Waals surface area (Å²) in [6.07, 6.45) is 8.69. The van der Waals surface area contributed by atoms with E-state index in [1.165, 1.54) is 11.1 Å². The fourth-order valence-electron chi connectivity index (χ4n) is 4.47. The molecule has 34 heavy (non-hydrogen) atoms. The molecule has 0 spiro atoms. The smallest absolute Gasteiger partial charge is 0.159 e. The van der Waals surface area contributed by atoms with Crippen molar-refractivity contribution >= 4 is 0 Å². The van der Waals surface area contributed by atoms with Gasteiger partial charge in [0.1, 0.15) is 0 Å². The largest absolute Gasteiger partial charge is 0.294 e. The van der Waals surface area contributed by atoms with Gasteiger partial charge in [-0.2, -0.15) is 5.10 Å². The van der Waals surface area contributed by atoms with Crippen molar-refractivity contribution in [1.82, 2.24) is 29.6 Å². The molecule has 2 aromatic carbocycles. The molecule has 0 bridgehead atoms. The zero-order valence-corrected chi connectivity index (χ0v) is 18.7. The standard InChI is InChI=1S/C28H24N6/c1-3-7-22(8-4-1)28-30-17-23-18-33(16-13-26(23)31-28)19-24-20-34(25-9-5-2-6-10-25)32-27(24)21-11-14-29-15-12-21/h1-12,14-15,17,20H,13,16,18-19H2. The van der Waals surface area contributed by atoms with E-state index >= 15 is 0 Å². The summed E-state index contributed by atoms with van der Waals surface area (Å²) in [5.41, 5.74) is 7.73. The Morgan fingerprint density at radius 2 is 1.59 bits per heavy atom. The minimum absolute atomic E-state index is 0.803. The third-order valence-corrected chi connectivity index (χ3v) is 6.20. The molecule has 0 unspecified atom stereocenters. The van der Waals surface area contributed by atoms with E-state index in [4.69, 9.17) is 10.1 Å². The van der Waals surface area contributed by atoms with Crippen molar-refractivity contribution in [3.8, 4) is 28.3 Å². The van der Waals surface area contributed by atoms with Crippen molar-refractivity contribution in [3.05, 3.63) is 114 Å². The summed E-state index contributed by atoms with van der Waals surface area (Å²) in [5.74, 6) is 0.803. The van der Waals surface area contributed by atoms with Crippen LogP contribution in [0.15, 0.2) is 97.6 Å². The average molecular weight is 445 g/mol. The van der Waals surface area contributed by atoms with E-state index in [9.17, 15) is 0 Å². The number of nitrogens with zero attached hydrogens (tertiary/aromatic N) is 6. The summed E-state index contributed by atoms with van der Waals surface area (Å²) < 4.78 is 1.97. The summed E-state index contributed by atoms with van der Waals surface area (Å²) in [5, 5.41) is 4.94. The lowest BCUT2D eigenvalue weighted by Crippen LogP contribution is -2.31. The van der Waals surface area contributed by atoms with E-state index < -0.39 is 0 Å².